The highest BCUT2D eigenvalue weighted by Gasteiger charge is 2.47. The Labute approximate surface area is 158 Å². The second kappa shape index (κ2) is 7.50. The van der Waals surface area contributed by atoms with Crippen LogP contribution in [0, 0.1) is 0 Å². The number of fused-ring (bicyclic) bond motifs is 1. The molecule has 1 fully saturated rings. The number of carbonyl (C=O) groups excluding carboxylic acids is 4. The Balaban J connectivity index is 1.56. The number of carbonyl (C=O) groups is 4. The number of aryl methyl sites for hydroxylation is 2. The first kappa shape index (κ1) is 19.1. The first-order valence-electron chi connectivity index (χ1n) is 9.29. The van der Waals surface area contributed by atoms with Crippen LogP contribution in [0.2, 0.25) is 0 Å². The van der Waals surface area contributed by atoms with Crippen molar-refractivity contribution in [2.45, 2.75) is 51.5 Å². The van der Waals surface area contributed by atoms with Crippen LogP contribution >= 0.6 is 0 Å². The van der Waals surface area contributed by atoms with Crippen LogP contribution in [-0.4, -0.2) is 47.3 Å². The van der Waals surface area contributed by atoms with Crippen LogP contribution in [0.1, 0.15) is 54.6 Å². The van der Waals surface area contributed by atoms with Gasteiger partial charge in [0.2, 0.25) is 0 Å². The Hall–Kier alpha value is -2.70. The molecule has 3 rings (SSSR count). The number of amides is 3. The molecule has 1 aromatic carbocycles. The summed E-state index contributed by atoms with van der Waals surface area (Å²) in [7, 11) is 0. The van der Waals surface area contributed by atoms with Crippen LogP contribution in [0.5, 0.6) is 0 Å². The van der Waals surface area contributed by atoms with Gasteiger partial charge in [-0.05, 0) is 56.2 Å². The molecular formula is C20H24N2O5. The lowest BCUT2D eigenvalue weighted by molar-refractivity contribution is -0.146. The summed E-state index contributed by atoms with van der Waals surface area (Å²) >= 11 is 0. The van der Waals surface area contributed by atoms with Gasteiger partial charge in [0.15, 0.2) is 12.4 Å². The average Bonchev–Trinajstić information content (AvgIpc) is 2.89. The van der Waals surface area contributed by atoms with Crippen LogP contribution in [0.4, 0.5) is 4.79 Å². The van der Waals surface area contributed by atoms with Gasteiger partial charge in [-0.1, -0.05) is 19.1 Å². The summed E-state index contributed by atoms with van der Waals surface area (Å²) in [6.07, 6.45) is 4.68. The standard InChI is InChI=1S/C20H24N2O5/c1-3-20(2)18(25)22(19(26)21-20)11-17(24)27-12-16(23)15-9-8-13-6-4-5-7-14(13)10-15/h8-10H,3-7,11-12H2,1-2H3,(H,21,26)/t20-/m0/s1. The molecule has 144 valence electrons. The predicted octanol–water partition coefficient (Wildman–Crippen LogP) is 2.01. The topological polar surface area (TPSA) is 92.8 Å². The molecule has 7 nitrogen and oxygen atoms in total. The molecule has 0 saturated carbocycles. The van der Waals surface area contributed by atoms with Crippen molar-refractivity contribution in [3.8, 4) is 0 Å². The SMILES string of the molecule is CC[C@]1(C)NC(=O)N(CC(=O)OCC(=O)c2ccc3c(c2)CCCC3)C1=O. The number of ether oxygens (including phenoxy) is 1. The van der Waals surface area contributed by atoms with Gasteiger partial charge in [0, 0.05) is 5.56 Å². The maximum Gasteiger partial charge on any atom is 0.326 e. The third kappa shape index (κ3) is 3.86. The summed E-state index contributed by atoms with van der Waals surface area (Å²) in [5, 5.41) is 2.57. The molecular weight excluding hydrogens is 348 g/mol. The molecule has 1 aromatic rings. The quantitative estimate of drug-likeness (QED) is 0.468. The lowest BCUT2D eigenvalue weighted by Crippen LogP contribution is -2.43. The molecule has 0 unspecified atom stereocenters. The van der Waals surface area contributed by atoms with Gasteiger partial charge in [0.05, 0.1) is 0 Å². The Kier molecular flexibility index (Phi) is 5.30. The van der Waals surface area contributed by atoms with E-state index in [1.807, 2.05) is 12.1 Å². The van der Waals surface area contributed by atoms with Crippen LogP contribution in [-0.2, 0) is 27.2 Å². The second-order valence-electron chi connectivity index (χ2n) is 7.28. The van der Waals surface area contributed by atoms with Crippen molar-refractivity contribution >= 4 is 23.7 Å². The number of Topliss-reactive ketones (excluding diaryl/α,β-unsaturated/α-hetero) is 1. The Morgan fingerprint density at radius 3 is 2.56 bits per heavy atom. The molecule has 2 aliphatic rings. The fourth-order valence-electron chi connectivity index (χ4n) is 3.44. The smallest absolute Gasteiger partial charge is 0.326 e. The van der Waals surface area contributed by atoms with Crippen molar-refractivity contribution in [2.24, 2.45) is 0 Å². The fraction of sp³-hybridized carbons (Fsp3) is 0.500. The van der Waals surface area contributed by atoms with Crippen LogP contribution in [0.25, 0.3) is 0 Å². The minimum Gasteiger partial charge on any atom is -0.456 e. The normalized spacial score (nSPS) is 21.6. The van der Waals surface area contributed by atoms with Gasteiger partial charge in [0.25, 0.3) is 5.91 Å². The molecule has 0 bridgehead atoms. The number of ketones is 1. The van der Waals surface area contributed by atoms with Crippen molar-refractivity contribution in [1.29, 1.82) is 0 Å². The molecule has 1 aliphatic carbocycles. The number of hydrogen-bond donors (Lipinski definition) is 1. The zero-order valence-corrected chi connectivity index (χ0v) is 15.7. The van der Waals surface area contributed by atoms with Gasteiger partial charge in [-0.15, -0.1) is 0 Å². The van der Waals surface area contributed by atoms with E-state index in [4.69, 9.17) is 4.74 Å². The lowest BCUT2D eigenvalue weighted by Gasteiger charge is -2.18. The Morgan fingerprint density at radius 2 is 1.89 bits per heavy atom. The van der Waals surface area contributed by atoms with E-state index in [9.17, 15) is 19.2 Å². The van der Waals surface area contributed by atoms with Gasteiger partial charge in [0.1, 0.15) is 12.1 Å². The maximum atomic E-state index is 12.3. The van der Waals surface area contributed by atoms with Crippen LogP contribution in [0.3, 0.4) is 0 Å². The second-order valence-corrected chi connectivity index (χ2v) is 7.28. The van der Waals surface area contributed by atoms with E-state index in [-0.39, 0.29) is 5.78 Å². The minimum atomic E-state index is -1.00. The van der Waals surface area contributed by atoms with Gasteiger partial charge < -0.3 is 10.1 Å². The number of hydrogen-bond acceptors (Lipinski definition) is 5. The number of nitrogens with one attached hydrogen (secondary N) is 1. The number of esters is 1. The van der Waals surface area contributed by atoms with E-state index in [2.05, 4.69) is 5.32 Å². The Bertz CT molecular complexity index is 804. The number of urea groups is 1. The number of rotatable bonds is 6. The molecule has 1 aliphatic heterocycles. The molecule has 1 atom stereocenters. The summed E-state index contributed by atoms with van der Waals surface area (Å²) in [6.45, 7) is 2.47. The molecule has 27 heavy (non-hydrogen) atoms. The number of nitrogens with zero attached hydrogens (tertiary/aromatic N) is 1. The van der Waals surface area contributed by atoms with Crippen LogP contribution < -0.4 is 5.32 Å². The van der Waals surface area contributed by atoms with Crippen LogP contribution in [0.15, 0.2) is 18.2 Å². The van der Waals surface area contributed by atoms with E-state index >= 15 is 0 Å². The highest BCUT2D eigenvalue weighted by Crippen LogP contribution is 2.23. The predicted molar refractivity (Wildman–Crippen MR) is 97.3 cm³/mol. The molecule has 1 saturated heterocycles. The van der Waals surface area contributed by atoms with Crippen molar-refractivity contribution < 1.29 is 23.9 Å². The molecule has 0 spiro atoms. The molecule has 1 heterocycles. The Morgan fingerprint density at radius 1 is 1.19 bits per heavy atom. The van der Waals surface area contributed by atoms with E-state index in [1.165, 1.54) is 11.1 Å². The van der Waals surface area contributed by atoms with E-state index < -0.39 is 36.6 Å². The highest BCUT2D eigenvalue weighted by atomic mass is 16.5. The average molecular weight is 372 g/mol. The summed E-state index contributed by atoms with van der Waals surface area (Å²) in [5.74, 6) is -1.55. The maximum absolute atomic E-state index is 12.3. The molecule has 0 radical (unpaired) electrons. The first-order valence-corrected chi connectivity index (χ1v) is 9.29. The summed E-state index contributed by atoms with van der Waals surface area (Å²) in [4.78, 5) is 49.3. The third-order valence-corrected chi connectivity index (χ3v) is 5.37. The van der Waals surface area contributed by atoms with Gasteiger partial charge in [-0.25, -0.2) is 4.79 Å². The third-order valence-electron chi connectivity index (χ3n) is 5.37. The van der Waals surface area contributed by atoms with Crippen molar-refractivity contribution in [3.05, 3.63) is 34.9 Å². The van der Waals surface area contributed by atoms with Crippen molar-refractivity contribution in [1.82, 2.24) is 10.2 Å². The van der Waals surface area contributed by atoms with E-state index in [0.29, 0.717) is 12.0 Å². The van der Waals surface area contributed by atoms with Gasteiger partial charge in [-0.3, -0.25) is 19.3 Å². The fourth-order valence-corrected chi connectivity index (χ4v) is 3.44. The minimum absolute atomic E-state index is 0.299. The summed E-state index contributed by atoms with van der Waals surface area (Å²) in [5.41, 5.74) is 1.96. The molecule has 3 amide bonds. The first-order chi connectivity index (χ1) is 12.8. The lowest BCUT2D eigenvalue weighted by atomic mass is 9.90. The van der Waals surface area contributed by atoms with E-state index in [0.717, 1.165) is 30.6 Å². The molecule has 0 aromatic heterocycles. The highest BCUT2D eigenvalue weighted by molar-refractivity contribution is 6.08. The molecule has 1 N–H and O–H groups in total. The van der Waals surface area contributed by atoms with Gasteiger partial charge in [-0.2, -0.15) is 0 Å². The van der Waals surface area contributed by atoms with E-state index in [1.54, 1.807) is 19.9 Å². The summed E-state index contributed by atoms with van der Waals surface area (Å²) < 4.78 is 5.00. The number of benzene rings is 1. The van der Waals surface area contributed by atoms with Gasteiger partial charge >= 0.3 is 12.0 Å². The zero-order valence-electron chi connectivity index (χ0n) is 15.7. The number of imide groups is 1. The monoisotopic (exact) mass is 372 g/mol. The molecule has 7 heteroatoms. The van der Waals surface area contributed by atoms with Crippen molar-refractivity contribution in [2.75, 3.05) is 13.2 Å². The zero-order chi connectivity index (χ0) is 19.6. The summed E-state index contributed by atoms with van der Waals surface area (Å²) in [6, 6.07) is 4.96. The van der Waals surface area contributed by atoms with Crippen molar-refractivity contribution in [3.63, 3.8) is 0 Å². The largest absolute Gasteiger partial charge is 0.456 e.